The first kappa shape index (κ1) is 11.5. The topological polar surface area (TPSA) is 26.0 Å². The molecule has 3 heteroatoms. The van der Waals surface area contributed by atoms with Crippen molar-refractivity contribution in [1.29, 1.82) is 0 Å². The molecule has 0 aliphatic carbocycles. The summed E-state index contributed by atoms with van der Waals surface area (Å²) in [4.78, 5) is 0. The zero-order valence-corrected chi connectivity index (χ0v) is 9.24. The molecule has 2 N–H and O–H groups in total. The molecule has 0 unspecified atom stereocenters. The van der Waals surface area contributed by atoms with Crippen LogP contribution in [0.3, 0.4) is 0 Å². The Kier molecular flexibility index (Phi) is 3.51. The number of hydrogen-bond donors (Lipinski definition) is 1. The third kappa shape index (κ3) is 3.64. The van der Waals surface area contributed by atoms with Gasteiger partial charge in [0.1, 0.15) is 5.82 Å². The van der Waals surface area contributed by atoms with E-state index in [0.717, 1.165) is 18.4 Å². The van der Waals surface area contributed by atoms with E-state index >= 15 is 0 Å². The first-order chi connectivity index (χ1) is 6.38. The minimum Gasteiger partial charge on any atom is -0.326 e. The third-order valence-electron chi connectivity index (χ3n) is 2.04. The average molecular weight is 216 g/mol. The van der Waals surface area contributed by atoms with Gasteiger partial charge < -0.3 is 5.73 Å². The van der Waals surface area contributed by atoms with Crippen LogP contribution in [0.15, 0.2) is 18.2 Å². The fourth-order valence-corrected chi connectivity index (χ4v) is 1.36. The normalized spacial score (nSPS) is 11.8. The summed E-state index contributed by atoms with van der Waals surface area (Å²) in [6, 6.07) is 4.79. The van der Waals surface area contributed by atoms with Crippen LogP contribution in [-0.4, -0.2) is 5.54 Å². The number of aryl methyl sites for hydroxylation is 1. The maximum Gasteiger partial charge on any atom is 0.141 e. The summed E-state index contributed by atoms with van der Waals surface area (Å²) in [6.45, 7) is 3.94. The number of nitrogens with two attached hydrogens (primary N) is 1. The molecule has 0 aliphatic rings. The molecule has 0 saturated carbocycles. The SMILES string of the molecule is CC(C)(N)CCc1ccc(F)c(Cl)c1. The highest BCUT2D eigenvalue weighted by Gasteiger charge is 2.10. The van der Waals surface area contributed by atoms with Gasteiger partial charge in [0.05, 0.1) is 5.02 Å². The molecular formula is C11H15ClFN. The lowest BCUT2D eigenvalue weighted by Gasteiger charge is -2.17. The van der Waals surface area contributed by atoms with Crippen LogP contribution in [0.1, 0.15) is 25.8 Å². The van der Waals surface area contributed by atoms with Gasteiger partial charge in [0, 0.05) is 5.54 Å². The zero-order valence-electron chi connectivity index (χ0n) is 8.48. The number of hydrogen-bond acceptors (Lipinski definition) is 1. The van der Waals surface area contributed by atoms with Crippen molar-refractivity contribution in [3.8, 4) is 0 Å². The second-order valence-corrected chi connectivity index (χ2v) is 4.64. The molecule has 0 spiro atoms. The largest absolute Gasteiger partial charge is 0.326 e. The Labute approximate surface area is 89.1 Å². The van der Waals surface area contributed by atoms with Crippen LogP contribution in [0, 0.1) is 5.82 Å². The van der Waals surface area contributed by atoms with E-state index in [0.29, 0.717) is 0 Å². The lowest BCUT2D eigenvalue weighted by atomic mass is 9.97. The Morgan fingerprint density at radius 3 is 2.57 bits per heavy atom. The Morgan fingerprint density at radius 2 is 2.07 bits per heavy atom. The van der Waals surface area contributed by atoms with E-state index in [1.54, 1.807) is 12.1 Å². The summed E-state index contributed by atoms with van der Waals surface area (Å²) in [5.41, 5.74) is 6.67. The van der Waals surface area contributed by atoms with Crippen LogP contribution in [0.4, 0.5) is 4.39 Å². The van der Waals surface area contributed by atoms with Crippen molar-refractivity contribution in [1.82, 2.24) is 0 Å². The molecule has 1 aromatic carbocycles. The van der Waals surface area contributed by atoms with Crippen molar-refractivity contribution in [3.63, 3.8) is 0 Å². The van der Waals surface area contributed by atoms with E-state index in [1.165, 1.54) is 6.07 Å². The second kappa shape index (κ2) is 4.28. The van der Waals surface area contributed by atoms with E-state index in [2.05, 4.69) is 0 Å². The molecular weight excluding hydrogens is 201 g/mol. The Morgan fingerprint density at radius 1 is 1.43 bits per heavy atom. The van der Waals surface area contributed by atoms with Gasteiger partial charge in [0.25, 0.3) is 0 Å². The van der Waals surface area contributed by atoms with Crippen molar-refractivity contribution in [2.24, 2.45) is 5.73 Å². The molecule has 1 aromatic rings. The lowest BCUT2D eigenvalue weighted by Crippen LogP contribution is -2.32. The van der Waals surface area contributed by atoms with Gasteiger partial charge in [-0.05, 0) is 44.4 Å². The molecule has 0 radical (unpaired) electrons. The molecule has 0 saturated heterocycles. The zero-order chi connectivity index (χ0) is 10.8. The predicted octanol–water partition coefficient (Wildman–Crippen LogP) is 3.15. The summed E-state index contributed by atoms with van der Waals surface area (Å²) < 4.78 is 12.8. The Hall–Kier alpha value is -0.600. The highest BCUT2D eigenvalue weighted by Crippen LogP contribution is 2.18. The summed E-state index contributed by atoms with van der Waals surface area (Å²) in [5.74, 6) is -0.373. The van der Waals surface area contributed by atoms with Crippen molar-refractivity contribution in [2.75, 3.05) is 0 Å². The van der Waals surface area contributed by atoms with Crippen molar-refractivity contribution in [3.05, 3.63) is 34.6 Å². The van der Waals surface area contributed by atoms with Gasteiger partial charge in [0.2, 0.25) is 0 Å². The standard InChI is InChI=1S/C11H15ClFN/c1-11(2,14)6-5-8-3-4-10(13)9(12)7-8/h3-4,7H,5-6,14H2,1-2H3. The van der Waals surface area contributed by atoms with Crippen molar-refractivity contribution >= 4 is 11.6 Å². The molecule has 0 aliphatic heterocycles. The summed E-state index contributed by atoms with van der Waals surface area (Å²) in [7, 11) is 0. The molecule has 0 fully saturated rings. The minimum absolute atomic E-state index is 0.178. The van der Waals surface area contributed by atoms with Gasteiger partial charge in [-0.25, -0.2) is 4.39 Å². The van der Waals surface area contributed by atoms with Crippen molar-refractivity contribution < 1.29 is 4.39 Å². The van der Waals surface area contributed by atoms with E-state index in [4.69, 9.17) is 17.3 Å². The molecule has 1 rings (SSSR count). The molecule has 0 aromatic heterocycles. The summed E-state index contributed by atoms with van der Waals surface area (Å²) >= 11 is 5.66. The summed E-state index contributed by atoms with van der Waals surface area (Å²) in [5, 5.41) is 0.178. The monoisotopic (exact) mass is 215 g/mol. The molecule has 1 nitrogen and oxygen atoms in total. The van der Waals surface area contributed by atoms with Crippen LogP contribution in [0.2, 0.25) is 5.02 Å². The first-order valence-corrected chi connectivity index (χ1v) is 4.99. The predicted molar refractivity (Wildman–Crippen MR) is 58.0 cm³/mol. The van der Waals surface area contributed by atoms with E-state index in [-0.39, 0.29) is 16.4 Å². The van der Waals surface area contributed by atoms with Crippen LogP contribution in [0.5, 0.6) is 0 Å². The maximum absolute atomic E-state index is 12.8. The van der Waals surface area contributed by atoms with Gasteiger partial charge >= 0.3 is 0 Å². The molecule has 0 amide bonds. The highest BCUT2D eigenvalue weighted by molar-refractivity contribution is 6.30. The smallest absolute Gasteiger partial charge is 0.141 e. The highest BCUT2D eigenvalue weighted by atomic mass is 35.5. The quantitative estimate of drug-likeness (QED) is 0.824. The fourth-order valence-electron chi connectivity index (χ4n) is 1.16. The van der Waals surface area contributed by atoms with Crippen LogP contribution < -0.4 is 5.73 Å². The third-order valence-corrected chi connectivity index (χ3v) is 2.33. The van der Waals surface area contributed by atoms with E-state index in [1.807, 2.05) is 13.8 Å². The molecule has 78 valence electrons. The minimum atomic E-state index is -0.373. The van der Waals surface area contributed by atoms with Gasteiger partial charge in [0.15, 0.2) is 0 Å². The fraction of sp³-hybridized carbons (Fsp3) is 0.455. The number of rotatable bonds is 3. The van der Waals surface area contributed by atoms with E-state index in [9.17, 15) is 4.39 Å². The van der Waals surface area contributed by atoms with Gasteiger partial charge in [-0.15, -0.1) is 0 Å². The van der Waals surface area contributed by atoms with E-state index < -0.39 is 0 Å². The number of benzene rings is 1. The van der Waals surface area contributed by atoms with Gasteiger partial charge in [-0.2, -0.15) is 0 Å². The lowest BCUT2D eigenvalue weighted by molar-refractivity contribution is 0.476. The Bertz CT molecular complexity index is 318. The summed E-state index contributed by atoms with van der Waals surface area (Å²) in [6.07, 6.45) is 1.68. The molecule has 0 heterocycles. The van der Waals surface area contributed by atoms with Crippen molar-refractivity contribution in [2.45, 2.75) is 32.2 Å². The van der Waals surface area contributed by atoms with Crippen LogP contribution >= 0.6 is 11.6 Å². The molecule has 14 heavy (non-hydrogen) atoms. The van der Waals surface area contributed by atoms with Crippen LogP contribution in [-0.2, 0) is 6.42 Å². The molecule has 0 atom stereocenters. The maximum atomic E-state index is 12.8. The average Bonchev–Trinajstić information content (AvgIpc) is 2.06. The van der Waals surface area contributed by atoms with Crippen LogP contribution in [0.25, 0.3) is 0 Å². The number of halogens is 2. The van der Waals surface area contributed by atoms with Gasteiger partial charge in [-0.1, -0.05) is 17.7 Å². The van der Waals surface area contributed by atoms with Gasteiger partial charge in [-0.3, -0.25) is 0 Å². The molecule has 0 bridgehead atoms. The second-order valence-electron chi connectivity index (χ2n) is 4.24. The first-order valence-electron chi connectivity index (χ1n) is 4.61. The Balaban J connectivity index is 2.65.